The van der Waals surface area contributed by atoms with Crippen molar-refractivity contribution in [3.63, 3.8) is 0 Å². The van der Waals surface area contributed by atoms with Gasteiger partial charge in [0.1, 0.15) is 0 Å². The SMILES string of the molecule is CCC(C)NCC(=O)NC1CCSc2ccc(Cl)cc21. The molecule has 0 saturated heterocycles. The third-order valence-corrected chi connectivity index (χ3v) is 4.93. The van der Waals surface area contributed by atoms with Gasteiger partial charge in [0.05, 0.1) is 12.6 Å². The molecule has 0 aliphatic carbocycles. The highest BCUT2D eigenvalue weighted by molar-refractivity contribution is 7.99. The molecule has 2 rings (SSSR count). The fourth-order valence-electron chi connectivity index (χ4n) is 2.17. The van der Waals surface area contributed by atoms with Crippen LogP contribution in [0.15, 0.2) is 23.1 Å². The van der Waals surface area contributed by atoms with Crippen LogP contribution in [0.5, 0.6) is 0 Å². The summed E-state index contributed by atoms with van der Waals surface area (Å²) in [4.78, 5) is 13.2. The molecular formula is C15H21ClN2OS. The van der Waals surface area contributed by atoms with E-state index in [-0.39, 0.29) is 11.9 Å². The van der Waals surface area contributed by atoms with E-state index in [4.69, 9.17) is 11.6 Å². The van der Waals surface area contributed by atoms with E-state index >= 15 is 0 Å². The van der Waals surface area contributed by atoms with Gasteiger partial charge in [0.15, 0.2) is 0 Å². The summed E-state index contributed by atoms with van der Waals surface area (Å²) in [7, 11) is 0. The molecule has 1 aromatic rings. The van der Waals surface area contributed by atoms with Gasteiger partial charge in [-0.25, -0.2) is 0 Å². The fraction of sp³-hybridized carbons (Fsp3) is 0.533. The Morgan fingerprint density at radius 3 is 3.10 bits per heavy atom. The van der Waals surface area contributed by atoms with Crippen molar-refractivity contribution >= 4 is 29.3 Å². The summed E-state index contributed by atoms with van der Waals surface area (Å²) < 4.78 is 0. The van der Waals surface area contributed by atoms with E-state index < -0.39 is 0 Å². The van der Waals surface area contributed by atoms with Crippen LogP contribution in [0.4, 0.5) is 0 Å². The van der Waals surface area contributed by atoms with E-state index in [0.717, 1.165) is 29.2 Å². The average Bonchev–Trinajstić information content (AvgIpc) is 2.45. The maximum Gasteiger partial charge on any atom is 0.234 e. The second kappa shape index (κ2) is 7.34. The van der Waals surface area contributed by atoms with Gasteiger partial charge < -0.3 is 10.6 Å². The van der Waals surface area contributed by atoms with E-state index in [0.29, 0.717) is 12.6 Å². The molecule has 2 atom stereocenters. The van der Waals surface area contributed by atoms with E-state index in [1.54, 1.807) is 0 Å². The number of carbonyl (C=O) groups excluding carboxylic acids is 1. The van der Waals surface area contributed by atoms with Crippen LogP contribution in [0.1, 0.15) is 38.3 Å². The molecular weight excluding hydrogens is 292 g/mol. The van der Waals surface area contributed by atoms with Gasteiger partial charge >= 0.3 is 0 Å². The Labute approximate surface area is 129 Å². The molecule has 1 amide bonds. The standard InChI is InChI=1S/C15H21ClN2OS/c1-3-10(2)17-9-15(19)18-13-6-7-20-14-5-4-11(16)8-12(13)14/h4-5,8,10,13,17H,3,6-7,9H2,1-2H3,(H,18,19). The van der Waals surface area contributed by atoms with Crippen molar-refractivity contribution in [2.75, 3.05) is 12.3 Å². The molecule has 110 valence electrons. The fourth-order valence-corrected chi connectivity index (χ4v) is 3.46. The summed E-state index contributed by atoms with van der Waals surface area (Å²) in [5.41, 5.74) is 1.14. The molecule has 0 radical (unpaired) electrons. The molecule has 2 N–H and O–H groups in total. The Morgan fingerprint density at radius 2 is 2.35 bits per heavy atom. The Balaban J connectivity index is 1.97. The largest absolute Gasteiger partial charge is 0.348 e. The smallest absolute Gasteiger partial charge is 0.234 e. The predicted octanol–water partition coefficient (Wildman–Crippen LogP) is 3.38. The van der Waals surface area contributed by atoms with Gasteiger partial charge in [-0.3, -0.25) is 4.79 Å². The van der Waals surface area contributed by atoms with Crippen LogP contribution in [0.3, 0.4) is 0 Å². The van der Waals surface area contributed by atoms with Crippen molar-refractivity contribution in [3.8, 4) is 0 Å². The quantitative estimate of drug-likeness (QED) is 0.875. The summed E-state index contributed by atoms with van der Waals surface area (Å²) >= 11 is 7.89. The first kappa shape index (κ1) is 15.7. The van der Waals surface area contributed by atoms with Crippen LogP contribution >= 0.6 is 23.4 Å². The van der Waals surface area contributed by atoms with Gasteiger partial charge in [-0.1, -0.05) is 18.5 Å². The molecule has 1 aliphatic rings. The number of amides is 1. The maximum atomic E-state index is 12.0. The summed E-state index contributed by atoms with van der Waals surface area (Å²) in [6, 6.07) is 6.36. The number of thioether (sulfide) groups is 1. The summed E-state index contributed by atoms with van der Waals surface area (Å²) in [6.45, 7) is 4.56. The lowest BCUT2D eigenvalue weighted by Crippen LogP contribution is -2.40. The summed E-state index contributed by atoms with van der Waals surface area (Å²) in [5, 5.41) is 7.05. The lowest BCUT2D eigenvalue weighted by atomic mass is 10.0. The van der Waals surface area contributed by atoms with Gasteiger partial charge in [0.2, 0.25) is 5.91 Å². The number of carbonyl (C=O) groups is 1. The number of halogens is 1. The highest BCUT2D eigenvalue weighted by Crippen LogP contribution is 2.37. The topological polar surface area (TPSA) is 41.1 Å². The number of rotatable bonds is 5. The Morgan fingerprint density at radius 1 is 1.55 bits per heavy atom. The lowest BCUT2D eigenvalue weighted by molar-refractivity contribution is -0.121. The molecule has 1 aromatic carbocycles. The van der Waals surface area contributed by atoms with Gasteiger partial charge in [-0.15, -0.1) is 11.8 Å². The first-order valence-corrected chi connectivity index (χ1v) is 8.41. The normalized spacial score (nSPS) is 19.2. The van der Waals surface area contributed by atoms with Gasteiger partial charge in [-0.05, 0) is 43.5 Å². The predicted molar refractivity (Wildman–Crippen MR) is 85.4 cm³/mol. The molecule has 0 spiro atoms. The van der Waals surface area contributed by atoms with Crippen LogP contribution in [-0.2, 0) is 4.79 Å². The maximum absolute atomic E-state index is 12.0. The molecule has 3 nitrogen and oxygen atoms in total. The molecule has 20 heavy (non-hydrogen) atoms. The van der Waals surface area contributed by atoms with Crippen molar-refractivity contribution in [2.45, 2.75) is 43.7 Å². The number of benzene rings is 1. The van der Waals surface area contributed by atoms with Crippen molar-refractivity contribution in [1.29, 1.82) is 0 Å². The van der Waals surface area contributed by atoms with Crippen molar-refractivity contribution in [2.24, 2.45) is 0 Å². The minimum atomic E-state index is 0.0492. The monoisotopic (exact) mass is 312 g/mol. The molecule has 0 aromatic heterocycles. The molecule has 1 aliphatic heterocycles. The van der Waals surface area contributed by atoms with E-state index in [1.807, 2.05) is 30.0 Å². The second-order valence-corrected chi connectivity index (χ2v) is 6.70. The zero-order chi connectivity index (χ0) is 14.5. The Hall–Kier alpha value is -0.710. The number of hydrogen-bond acceptors (Lipinski definition) is 3. The van der Waals surface area contributed by atoms with Gasteiger partial charge in [-0.2, -0.15) is 0 Å². The average molecular weight is 313 g/mol. The van der Waals surface area contributed by atoms with Crippen LogP contribution in [0.2, 0.25) is 5.02 Å². The van der Waals surface area contributed by atoms with Crippen LogP contribution < -0.4 is 10.6 Å². The molecule has 0 bridgehead atoms. The minimum absolute atomic E-state index is 0.0492. The van der Waals surface area contributed by atoms with Crippen LogP contribution in [-0.4, -0.2) is 24.2 Å². The Bertz CT molecular complexity index is 481. The van der Waals surface area contributed by atoms with Crippen molar-refractivity contribution in [1.82, 2.24) is 10.6 Å². The van der Waals surface area contributed by atoms with Gasteiger partial charge in [0.25, 0.3) is 0 Å². The van der Waals surface area contributed by atoms with Crippen LogP contribution in [0, 0.1) is 0 Å². The molecule has 0 saturated carbocycles. The zero-order valence-corrected chi connectivity index (χ0v) is 13.5. The van der Waals surface area contributed by atoms with E-state index in [1.165, 1.54) is 4.90 Å². The first-order chi connectivity index (χ1) is 9.60. The van der Waals surface area contributed by atoms with Crippen molar-refractivity contribution < 1.29 is 4.79 Å². The third kappa shape index (κ3) is 4.14. The van der Waals surface area contributed by atoms with E-state index in [9.17, 15) is 4.79 Å². The minimum Gasteiger partial charge on any atom is -0.348 e. The molecule has 5 heteroatoms. The summed E-state index contributed by atoms with van der Waals surface area (Å²) in [5.74, 6) is 1.08. The lowest BCUT2D eigenvalue weighted by Gasteiger charge is -2.26. The first-order valence-electron chi connectivity index (χ1n) is 7.05. The van der Waals surface area contributed by atoms with Gasteiger partial charge in [0, 0.05) is 21.7 Å². The van der Waals surface area contributed by atoms with Crippen molar-refractivity contribution in [3.05, 3.63) is 28.8 Å². The third-order valence-electron chi connectivity index (χ3n) is 3.57. The number of nitrogens with one attached hydrogen (secondary N) is 2. The second-order valence-electron chi connectivity index (χ2n) is 5.13. The van der Waals surface area contributed by atoms with E-state index in [2.05, 4.69) is 24.5 Å². The molecule has 2 unspecified atom stereocenters. The highest BCUT2D eigenvalue weighted by atomic mass is 35.5. The van der Waals surface area contributed by atoms with Crippen LogP contribution in [0.25, 0.3) is 0 Å². The Kier molecular flexibility index (Phi) is 5.75. The number of fused-ring (bicyclic) bond motifs is 1. The zero-order valence-electron chi connectivity index (χ0n) is 11.9. The summed E-state index contributed by atoms with van der Waals surface area (Å²) in [6.07, 6.45) is 1.97. The molecule has 0 fully saturated rings. The number of hydrogen-bond donors (Lipinski definition) is 2. The molecule has 1 heterocycles. The highest BCUT2D eigenvalue weighted by Gasteiger charge is 2.22.